The lowest BCUT2D eigenvalue weighted by Crippen LogP contribution is -2.18. The molecule has 112 valence electrons. The number of aromatic amines is 1. The third kappa shape index (κ3) is 3.06. The van der Waals surface area contributed by atoms with Crippen LogP contribution >= 0.6 is 11.8 Å². The lowest BCUT2D eigenvalue weighted by Gasteiger charge is -2.16. The number of nitrogens with one attached hydrogen (secondary N) is 2. The third-order valence-electron chi connectivity index (χ3n) is 3.68. The standard InChI is InChI=1S/C15H20N4OS/c1-3-16-10(2)12-6-4-5-7-13(12)21-15-18-17-14(20)19(15)11-8-9-11/h4-7,10-11,16H,3,8-9H2,1-2H3,(H,17,20). The van der Waals surface area contributed by atoms with E-state index in [2.05, 4.69) is 41.5 Å². The molecule has 5 nitrogen and oxygen atoms in total. The summed E-state index contributed by atoms with van der Waals surface area (Å²) in [6, 6.07) is 8.89. The molecule has 1 aliphatic carbocycles. The zero-order chi connectivity index (χ0) is 14.8. The molecule has 1 aromatic heterocycles. The lowest BCUT2D eigenvalue weighted by atomic mass is 10.1. The van der Waals surface area contributed by atoms with Crippen molar-refractivity contribution in [1.29, 1.82) is 0 Å². The highest BCUT2D eigenvalue weighted by Gasteiger charge is 2.29. The predicted octanol–water partition coefficient (Wildman–Crippen LogP) is 2.73. The maximum atomic E-state index is 11.9. The van der Waals surface area contributed by atoms with Gasteiger partial charge in [-0.3, -0.25) is 4.57 Å². The van der Waals surface area contributed by atoms with Gasteiger partial charge in [0.15, 0.2) is 5.16 Å². The van der Waals surface area contributed by atoms with Crippen molar-refractivity contribution in [2.45, 2.75) is 48.8 Å². The van der Waals surface area contributed by atoms with Crippen molar-refractivity contribution in [2.75, 3.05) is 6.54 Å². The molecule has 0 amide bonds. The molecule has 6 heteroatoms. The molecule has 0 spiro atoms. The van der Waals surface area contributed by atoms with E-state index in [1.54, 1.807) is 16.3 Å². The Morgan fingerprint density at radius 1 is 1.48 bits per heavy atom. The molecule has 2 aromatic rings. The zero-order valence-corrected chi connectivity index (χ0v) is 13.1. The molecular weight excluding hydrogens is 284 g/mol. The summed E-state index contributed by atoms with van der Waals surface area (Å²) in [4.78, 5) is 13.0. The highest BCUT2D eigenvalue weighted by molar-refractivity contribution is 7.99. The van der Waals surface area contributed by atoms with Crippen molar-refractivity contribution in [2.24, 2.45) is 0 Å². The Morgan fingerprint density at radius 3 is 2.95 bits per heavy atom. The van der Waals surface area contributed by atoms with E-state index in [4.69, 9.17) is 0 Å². The predicted molar refractivity (Wildman–Crippen MR) is 83.8 cm³/mol. The van der Waals surface area contributed by atoms with Gasteiger partial charge in [-0.15, -0.1) is 5.10 Å². The number of aromatic nitrogens is 3. The van der Waals surface area contributed by atoms with Gasteiger partial charge in [-0.05, 0) is 49.7 Å². The first-order chi connectivity index (χ1) is 10.2. The van der Waals surface area contributed by atoms with Gasteiger partial charge in [-0.1, -0.05) is 25.1 Å². The van der Waals surface area contributed by atoms with E-state index in [-0.39, 0.29) is 11.7 Å². The molecule has 1 aliphatic rings. The second kappa shape index (κ2) is 6.07. The third-order valence-corrected chi connectivity index (χ3v) is 4.74. The van der Waals surface area contributed by atoms with Crippen molar-refractivity contribution in [3.8, 4) is 0 Å². The fourth-order valence-electron chi connectivity index (χ4n) is 2.46. The minimum Gasteiger partial charge on any atom is -0.310 e. The molecule has 0 radical (unpaired) electrons. The Balaban J connectivity index is 1.90. The Kier molecular flexibility index (Phi) is 4.17. The average molecular weight is 304 g/mol. The van der Waals surface area contributed by atoms with Crippen molar-refractivity contribution in [3.63, 3.8) is 0 Å². The molecule has 1 atom stereocenters. The van der Waals surface area contributed by atoms with Crippen molar-refractivity contribution in [3.05, 3.63) is 40.3 Å². The van der Waals surface area contributed by atoms with E-state index in [1.165, 1.54) is 5.56 Å². The first-order valence-corrected chi connectivity index (χ1v) is 8.19. The van der Waals surface area contributed by atoms with Crippen LogP contribution in [0.4, 0.5) is 0 Å². The number of rotatable bonds is 6. The number of hydrogen-bond donors (Lipinski definition) is 2. The summed E-state index contributed by atoms with van der Waals surface area (Å²) in [5.74, 6) is 0. The molecule has 3 rings (SSSR count). The topological polar surface area (TPSA) is 62.7 Å². The minimum atomic E-state index is -0.0998. The SMILES string of the molecule is CCNC(C)c1ccccc1Sc1n[nH]c(=O)n1C1CC1. The fourth-order valence-corrected chi connectivity index (χ4v) is 3.59. The summed E-state index contributed by atoms with van der Waals surface area (Å²) >= 11 is 1.56. The molecule has 1 aromatic carbocycles. The zero-order valence-electron chi connectivity index (χ0n) is 12.3. The highest BCUT2D eigenvalue weighted by atomic mass is 32.2. The van der Waals surface area contributed by atoms with Crippen LogP contribution < -0.4 is 11.0 Å². The molecule has 1 saturated carbocycles. The van der Waals surface area contributed by atoms with E-state index in [1.807, 2.05) is 12.1 Å². The quantitative estimate of drug-likeness (QED) is 0.861. The van der Waals surface area contributed by atoms with Crippen LogP contribution in [0, 0.1) is 0 Å². The first kappa shape index (κ1) is 14.4. The summed E-state index contributed by atoms with van der Waals surface area (Å²) in [5, 5.41) is 11.0. The van der Waals surface area contributed by atoms with Crippen LogP contribution in [0.15, 0.2) is 39.1 Å². The second-order valence-corrected chi connectivity index (χ2v) is 6.34. The van der Waals surface area contributed by atoms with E-state index in [0.29, 0.717) is 6.04 Å². The van der Waals surface area contributed by atoms with Gasteiger partial charge in [0.2, 0.25) is 0 Å². The Labute approximate surface area is 128 Å². The molecule has 2 N–H and O–H groups in total. The molecule has 1 heterocycles. The molecule has 1 fully saturated rings. The van der Waals surface area contributed by atoms with E-state index < -0.39 is 0 Å². The summed E-state index contributed by atoms with van der Waals surface area (Å²) in [6.07, 6.45) is 2.14. The normalized spacial score (nSPS) is 16.1. The molecule has 0 bridgehead atoms. The smallest absolute Gasteiger partial charge is 0.310 e. The summed E-state index contributed by atoms with van der Waals surface area (Å²) < 4.78 is 1.79. The van der Waals surface area contributed by atoms with Gasteiger partial charge in [0.1, 0.15) is 0 Å². The average Bonchev–Trinajstić information content (AvgIpc) is 3.25. The molecule has 1 unspecified atom stereocenters. The first-order valence-electron chi connectivity index (χ1n) is 7.37. The lowest BCUT2D eigenvalue weighted by molar-refractivity contribution is 0.589. The fraction of sp³-hybridized carbons (Fsp3) is 0.467. The number of H-pyrrole nitrogens is 1. The summed E-state index contributed by atoms with van der Waals surface area (Å²) in [6.45, 7) is 5.18. The minimum absolute atomic E-state index is 0.0998. The van der Waals surface area contributed by atoms with Gasteiger partial charge in [0.25, 0.3) is 0 Å². The number of nitrogens with zero attached hydrogens (tertiary/aromatic N) is 2. The van der Waals surface area contributed by atoms with Crippen LogP contribution in [-0.2, 0) is 0 Å². The van der Waals surface area contributed by atoms with Crippen LogP contribution in [-0.4, -0.2) is 21.3 Å². The monoisotopic (exact) mass is 304 g/mol. The van der Waals surface area contributed by atoms with Crippen LogP contribution in [0.1, 0.15) is 44.3 Å². The Bertz CT molecular complexity index is 674. The number of benzene rings is 1. The Hall–Kier alpha value is -1.53. The van der Waals surface area contributed by atoms with Crippen molar-refractivity contribution < 1.29 is 0 Å². The maximum Gasteiger partial charge on any atom is 0.344 e. The molecule has 0 aliphatic heterocycles. The van der Waals surface area contributed by atoms with Crippen LogP contribution in [0.2, 0.25) is 0 Å². The summed E-state index contributed by atoms with van der Waals surface area (Å²) in [7, 11) is 0. The van der Waals surface area contributed by atoms with Crippen LogP contribution in [0.25, 0.3) is 0 Å². The van der Waals surface area contributed by atoms with E-state index in [0.717, 1.165) is 29.4 Å². The van der Waals surface area contributed by atoms with Gasteiger partial charge in [-0.25, -0.2) is 9.89 Å². The van der Waals surface area contributed by atoms with Crippen molar-refractivity contribution in [1.82, 2.24) is 20.1 Å². The second-order valence-electron chi connectivity index (χ2n) is 5.33. The van der Waals surface area contributed by atoms with Gasteiger partial charge in [-0.2, -0.15) is 0 Å². The van der Waals surface area contributed by atoms with Gasteiger partial charge in [0.05, 0.1) is 0 Å². The molecule has 21 heavy (non-hydrogen) atoms. The van der Waals surface area contributed by atoms with Crippen LogP contribution in [0.5, 0.6) is 0 Å². The largest absolute Gasteiger partial charge is 0.344 e. The summed E-state index contributed by atoms with van der Waals surface area (Å²) in [5.41, 5.74) is 1.14. The van der Waals surface area contributed by atoms with Gasteiger partial charge in [0, 0.05) is 17.0 Å². The Morgan fingerprint density at radius 2 is 2.24 bits per heavy atom. The number of hydrogen-bond acceptors (Lipinski definition) is 4. The van der Waals surface area contributed by atoms with Crippen LogP contribution in [0.3, 0.4) is 0 Å². The van der Waals surface area contributed by atoms with Gasteiger partial charge >= 0.3 is 5.69 Å². The van der Waals surface area contributed by atoms with E-state index in [9.17, 15) is 4.79 Å². The maximum absolute atomic E-state index is 11.9. The van der Waals surface area contributed by atoms with Crippen molar-refractivity contribution >= 4 is 11.8 Å². The molecule has 0 saturated heterocycles. The molecular formula is C15H20N4OS. The van der Waals surface area contributed by atoms with Gasteiger partial charge < -0.3 is 5.32 Å². The van der Waals surface area contributed by atoms with E-state index >= 15 is 0 Å². The highest BCUT2D eigenvalue weighted by Crippen LogP contribution is 2.38.